The summed E-state index contributed by atoms with van der Waals surface area (Å²) < 4.78 is 1.72. The van der Waals surface area contributed by atoms with E-state index in [1.54, 1.807) is 28.9 Å². The van der Waals surface area contributed by atoms with Crippen molar-refractivity contribution in [2.24, 2.45) is 17.8 Å². The molecule has 0 radical (unpaired) electrons. The molecule has 8 nitrogen and oxygen atoms in total. The maximum Gasteiger partial charge on any atom is 0.320 e. The first kappa shape index (κ1) is 17.9. The average Bonchev–Trinajstić information content (AvgIpc) is 3.14. The fourth-order valence-corrected chi connectivity index (χ4v) is 6.12. The van der Waals surface area contributed by atoms with E-state index in [1.807, 2.05) is 6.07 Å². The van der Waals surface area contributed by atoms with Gasteiger partial charge in [0.05, 0.1) is 21.7 Å². The van der Waals surface area contributed by atoms with Crippen LogP contribution in [0.4, 0.5) is 11.4 Å². The predicted octanol–water partition coefficient (Wildman–Crippen LogP) is 3.84. The molecule has 0 aliphatic heterocycles. The SMILES string of the molecule is N#Cc1ccccc1NC(=O)c1nn(C23CC4CC(CC(C4)C2)C3)cc1[N+](=O)[O-]. The number of anilines is 1. The number of nitro groups is 1. The molecule has 0 unspecified atom stereocenters. The number of rotatable bonds is 4. The molecule has 1 heterocycles. The van der Waals surface area contributed by atoms with Gasteiger partial charge in [-0.2, -0.15) is 10.4 Å². The van der Waals surface area contributed by atoms with Crippen molar-refractivity contribution in [3.05, 3.63) is 51.8 Å². The summed E-state index contributed by atoms with van der Waals surface area (Å²) in [6, 6.07) is 8.57. The van der Waals surface area contributed by atoms with Crippen molar-refractivity contribution >= 4 is 17.3 Å². The smallest absolute Gasteiger partial charge is 0.319 e. The lowest BCUT2D eigenvalue weighted by molar-refractivity contribution is -0.385. The van der Waals surface area contributed by atoms with Crippen LogP contribution in [0.5, 0.6) is 0 Å². The van der Waals surface area contributed by atoms with Crippen molar-refractivity contribution in [1.29, 1.82) is 5.26 Å². The first-order valence-electron chi connectivity index (χ1n) is 10.0. The van der Waals surface area contributed by atoms with Gasteiger partial charge in [0.15, 0.2) is 0 Å². The maximum absolute atomic E-state index is 12.8. The summed E-state index contributed by atoms with van der Waals surface area (Å²) in [7, 11) is 0. The number of hydrogen-bond donors (Lipinski definition) is 1. The van der Waals surface area contributed by atoms with Crippen LogP contribution in [0.1, 0.15) is 54.6 Å². The molecule has 0 saturated heterocycles. The Morgan fingerprint density at radius 1 is 1.21 bits per heavy atom. The molecule has 1 amide bonds. The van der Waals surface area contributed by atoms with Gasteiger partial charge in [-0.05, 0) is 68.4 Å². The molecule has 1 aromatic heterocycles. The van der Waals surface area contributed by atoms with E-state index in [-0.39, 0.29) is 16.9 Å². The third-order valence-electron chi connectivity index (χ3n) is 6.89. The van der Waals surface area contributed by atoms with Gasteiger partial charge in [-0.1, -0.05) is 12.1 Å². The summed E-state index contributed by atoms with van der Waals surface area (Å²) in [4.78, 5) is 24.0. The minimum atomic E-state index is -0.664. The van der Waals surface area contributed by atoms with Gasteiger partial charge in [0, 0.05) is 0 Å². The quantitative estimate of drug-likeness (QED) is 0.628. The molecule has 1 N–H and O–H groups in total. The predicted molar refractivity (Wildman–Crippen MR) is 104 cm³/mol. The summed E-state index contributed by atoms with van der Waals surface area (Å²) >= 11 is 0. The highest BCUT2D eigenvalue weighted by molar-refractivity contribution is 6.06. The Bertz CT molecular complexity index is 1020. The normalized spacial score (nSPS) is 29.4. The molecule has 29 heavy (non-hydrogen) atoms. The van der Waals surface area contributed by atoms with Crippen molar-refractivity contribution in [3.8, 4) is 6.07 Å². The van der Waals surface area contributed by atoms with Gasteiger partial charge in [-0.3, -0.25) is 19.6 Å². The molecule has 0 spiro atoms. The molecule has 4 bridgehead atoms. The molecule has 0 atom stereocenters. The monoisotopic (exact) mass is 391 g/mol. The van der Waals surface area contributed by atoms with Gasteiger partial charge in [0.2, 0.25) is 5.69 Å². The molecular formula is C21H21N5O3. The number of carbonyl (C=O) groups excluding carboxylic acids is 1. The zero-order valence-corrected chi connectivity index (χ0v) is 15.9. The Kier molecular flexibility index (Phi) is 3.95. The second-order valence-corrected chi connectivity index (χ2v) is 8.82. The number of nitriles is 1. The number of carbonyl (C=O) groups is 1. The van der Waals surface area contributed by atoms with Crippen LogP contribution in [-0.4, -0.2) is 20.6 Å². The van der Waals surface area contributed by atoms with Gasteiger partial charge in [-0.15, -0.1) is 0 Å². The van der Waals surface area contributed by atoms with Gasteiger partial charge >= 0.3 is 5.69 Å². The maximum atomic E-state index is 12.8. The molecule has 8 heteroatoms. The van der Waals surface area contributed by atoms with Gasteiger partial charge < -0.3 is 5.32 Å². The van der Waals surface area contributed by atoms with E-state index in [4.69, 9.17) is 0 Å². The molecule has 2 aromatic rings. The molecule has 6 rings (SSSR count). The minimum absolute atomic E-state index is 0.196. The average molecular weight is 391 g/mol. The van der Waals surface area contributed by atoms with Gasteiger partial charge in [0.25, 0.3) is 5.91 Å². The second-order valence-electron chi connectivity index (χ2n) is 8.82. The molecule has 4 aliphatic carbocycles. The summed E-state index contributed by atoms with van der Waals surface area (Å²) in [5.41, 5.74) is -0.0726. The first-order valence-corrected chi connectivity index (χ1v) is 10.0. The van der Waals surface area contributed by atoms with Crippen LogP contribution in [0.15, 0.2) is 30.5 Å². The third-order valence-corrected chi connectivity index (χ3v) is 6.89. The largest absolute Gasteiger partial charge is 0.320 e. The highest BCUT2D eigenvalue weighted by Crippen LogP contribution is 2.58. The van der Waals surface area contributed by atoms with Crippen LogP contribution in [0.25, 0.3) is 0 Å². The lowest BCUT2D eigenvalue weighted by Gasteiger charge is -2.56. The van der Waals surface area contributed by atoms with Crippen molar-refractivity contribution in [1.82, 2.24) is 9.78 Å². The van der Waals surface area contributed by atoms with E-state index in [0.717, 1.165) is 19.3 Å². The Labute approximate surface area is 167 Å². The Hall–Kier alpha value is -3.21. The van der Waals surface area contributed by atoms with Crippen molar-refractivity contribution in [3.63, 3.8) is 0 Å². The topological polar surface area (TPSA) is 114 Å². The van der Waals surface area contributed by atoms with Crippen molar-refractivity contribution in [2.75, 3.05) is 5.32 Å². The van der Waals surface area contributed by atoms with Gasteiger partial charge in [0.1, 0.15) is 12.3 Å². The van der Waals surface area contributed by atoms with Crippen LogP contribution in [0.3, 0.4) is 0 Å². The highest BCUT2D eigenvalue weighted by atomic mass is 16.6. The fourth-order valence-electron chi connectivity index (χ4n) is 6.12. The lowest BCUT2D eigenvalue weighted by atomic mass is 9.53. The Balaban J connectivity index is 1.50. The third kappa shape index (κ3) is 2.89. The van der Waals surface area contributed by atoms with Crippen LogP contribution in [-0.2, 0) is 5.54 Å². The summed E-state index contributed by atoms with van der Waals surface area (Å²) in [6.07, 6.45) is 8.14. The van der Waals surface area contributed by atoms with E-state index < -0.39 is 10.8 Å². The Morgan fingerprint density at radius 2 is 1.83 bits per heavy atom. The zero-order valence-electron chi connectivity index (χ0n) is 15.9. The van der Waals surface area contributed by atoms with E-state index in [1.165, 1.54) is 25.5 Å². The number of hydrogen-bond acceptors (Lipinski definition) is 5. The zero-order chi connectivity index (χ0) is 20.2. The second kappa shape index (κ2) is 6.41. The summed E-state index contributed by atoms with van der Waals surface area (Å²) in [5, 5.41) is 27.9. The van der Waals surface area contributed by atoms with E-state index >= 15 is 0 Å². The number of para-hydroxylation sites is 1. The molecule has 4 saturated carbocycles. The van der Waals surface area contributed by atoms with Crippen molar-refractivity contribution in [2.45, 2.75) is 44.1 Å². The van der Waals surface area contributed by atoms with Gasteiger partial charge in [-0.25, -0.2) is 0 Å². The number of aromatic nitrogens is 2. The van der Waals surface area contributed by atoms with E-state index in [9.17, 15) is 20.2 Å². The summed E-state index contributed by atoms with van der Waals surface area (Å²) in [6.45, 7) is 0. The minimum Gasteiger partial charge on any atom is -0.319 e. The van der Waals surface area contributed by atoms with Crippen molar-refractivity contribution < 1.29 is 9.72 Å². The highest BCUT2D eigenvalue weighted by Gasteiger charge is 2.53. The molecular weight excluding hydrogens is 370 g/mol. The summed E-state index contributed by atoms with van der Waals surface area (Å²) in [5.74, 6) is 1.31. The number of benzene rings is 1. The molecule has 4 aliphatic rings. The molecule has 1 aromatic carbocycles. The number of nitrogens with one attached hydrogen (secondary N) is 1. The first-order chi connectivity index (χ1) is 14.0. The number of nitrogens with zero attached hydrogens (tertiary/aromatic N) is 4. The Morgan fingerprint density at radius 3 is 2.41 bits per heavy atom. The molecule has 148 valence electrons. The lowest BCUT2D eigenvalue weighted by Crippen LogP contribution is -2.52. The molecule has 4 fully saturated rings. The van der Waals surface area contributed by atoms with E-state index in [2.05, 4.69) is 10.4 Å². The number of amides is 1. The van der Waals surface area contributed by atoms with Crippen LogP contribution < -0.4 is 5.32 Å². The van der Waals surface area contributed by atoms with Crippen LogP contribution in [0.2, 0.25) is 0 Å². The van der Waals surface area contributed by atoms with Crippen LogP contribution >= 0.6 is 0 Å². The van der Waals surface area contributed by atoms with Crippen LogP contribution in [0, 0.1) is 39.2 Å². The van der Waals surface area contributed by atoms with E-state index in [0.29, 0.717) is 29.0 Å². The fraction of sp³-hybridized carbons (Fsp3) is 0.476. The standard InChI is InChI=1S/C21H21N5O3/c22-11-16-3-1-2-4-17(16)23-20(27)19-18(26(28)29)12-25(24-19)21-8-13-5-14(9-21)7-15(6-13)10-21/h1-4,12-15H,5-10H2,(H,23,27).